The van der Waals surface area contributed by atoms with Gasteiger partial charge in [0.15, 0.2) is 5.15 Å². The Kier molecular flexibility index (Phi) is 2.93. The number of hydrogen-bond acceptors (Lipinski definition) is 2. The number of imidazole rings is 1. The number of methoxy groups -OCH3 is 1. The van der Waals surface area contributed by atoms with Crippen molar-refractivity contribution in [2.24, 2.45) is 0 Å². The smallest absolute Gasteiger partial charge is 0.155 e. The molecule has 2 aromatic rings. The van der Waals surface area contributed by atoms with E-state index in [2.05, 4.69) is 4.98 Å². The zero-order valence-electron chi connectivity index (χ0n) is 8.83. The molecule has 0 saturated heterocycles. The van der Waals surface area contributed by atoms with Crippen LogP contribution in [0.4, 0.5) is 0 Å². The Morgan fingerprint density at radius 1 is 1.53 bits per heavy atom. The Balaban J connectivity index is 2.53. The van der Waals surface area contributed by atoms with Gasteiger partial charge in [0, 0.05) is 19.7 Å². The first-order valence-electron chi connectivity index (χ1n) is 4.85. The molecule has 0 aliphatic carbocycles. The second-order valence-electron chi connectivity index (χ2n) is 3.47. The van der Waals surface area contributed by atoms with Crippen molar-refractivity contribution in [1.29, 1.82) is 0 Å². The lowest BCUT2D eigenvalue weighted by Crippen LogP contribution is -2.00. The highest BCUT2D eigenvalue weighted by Crippen LogP contribution is 2.21. The first kappa shape index (κ1) is 10.5. The minimum absolute atomic E-state index is 0.569. The Labute approximate surface area is 93.6 Å². The monoisotopic (exact) mass is 224 g/mol. The summed E-state index contributed by atoms with van der Waals surface area (Å²) in [7, 11) is 1.68. The number of hydrogen-bond donors (Lipinski definition) is 0. The summed E-state index contributed by atoms with van der Waals surface area (Å²) in [4.78, 5) is 4.34. The molecule has 4 heteroatoms. The molecule has 0 N–H and O–H groups in total. The van der Waals surface area contributed by atoms with Crippen LogP contribution in [0.2, 0.25) is 5.15 Å². The lowest BCUT2D eigenvalue weighted by molar-refractivity contribution is 0.200. The van der Waals surface area contributed by atoms with Crippen molar-refractivity contribution < 1.29 is 4.74 Å². The molecule has 0 aromatic carbocycles. The summed E-state index contributed by atoms with van der Waals surface area (Å²) >= 11 is 6.09. The van der Waals surface area contributed by atoms with Crippen LogP contribution < -0.4 is 0 Å². The molecule has 0 aliphatic rings. The van der Waals surface area contributed by atoms with Crippen LogP contribution in [-0.4, -0.2) is 23.1 Å². The quantitative estimate of drug-likeness (QED) is 0.801. The first-order valence-corrected chi connectivity index (χ1v) is 5.23. The van der Waals surface area contributed by atoms with Crippen LogP contribution in [0.1, 0.15) is 11.4 Å². The minimum Gasteiger partial charge on any atom is -0.384 e. The van der Waals surface area contributed by atoms with Crippen LogP contribution in [0.5, 0.6) is 0 Å². The number of halogens is 1. The maximum atomic E-state index is 6.09. The third kappa shape index (κ3) is 1.85. The van der Waals surface area contributed by atoms with Crippen LogP contribution in [0.25, 0.3) is 5.52 Å². The molecule has 15 heavy (non-hydrogen) atoms. The highest BCUT2D eigenvalue weighted by molar-refractivity contribution is 6.32. The van der Waals surface area contributed by atoms with Gasteiger partial charge in [-0.15, -0.1) is 0 Å². The number of fused-ring (bicyclic) bond motifs is 1. The van der Waals surface area contributed by atoms with Crippen molar-refractivity contribution in [3.63, 3.8) is 0 Å². The predicted octanol–water partition coefficient (Wildman–Crippen LogP) is 2.49. The summed E-state index contributed by atoms with van der Waals surface area (Å²) in [6, 6.07) is 4.03. The fraction of sp³-hybridized carbons (Fsp3) is 0.364. The summed E-state index contributed by atoms with van der Waals surface area (Å²) in [5.41, 5.74) is 2.13. The summed E-state index contributed by atoms with van der Waals surface area (Å²) in [5, 5.41) is 0.569. The van der Waals surface area contributed by atoms with Gasteiger partial charge in [0.2, 0.25) is 0 Å². The maximum Gasteiger partial charge on any atom is 0.155 e. The van der Waals surface area contributed by atoms with E-state index >= 15 is 0 Å². The van der Waals surface area contributed by atoms with Gasteiger partial charge in [0.25, 0.3) is 0 Å². The van der Waals surface area contributed by atoms with Crippen molar-refractivity contribution in [1.82, 2.24) is 9.38 Å². The molecule has 2 aromatic heterocycles. The number of aromatic nitrogens is 2. The molecule has 0 saturated carbocycles. The molecule has 80 valence electrons. The summed E-state index contributed by atoms with van der Waals surface area (Å²) in [6.45, 7) is 2.69. The Hall–Kier alpha value is -1.06. The summed E-state index contributed by atoms with van der Waals surface area (Å²) < 4.78 is 7.06. The fourth-order valence-corrected chi connectivity index (χ4v) is 2.02. The predicted molar refractivity (Wildman–Crippen MR) is 60.5 cm³/mol. The van der Waals surface area contributed by atoms with E-state index in [0.29, 0.717) is 11.8 Å². The van der Waals surface area contributed by atoms with Gasteiger partial charge < -0.3 is 9.14 Å². The van der Waals surface area contributed by atoms with Gasteiger partial charge in [0.05, 0.1) is 12.1 Å². The van der Waals surface area contributed by atoms with Gasteiger partial charge in [-0.05, 0) is 18.6 Å². The van der Waals surface area contributed by atoms with E-state index < -0.39 is 0 Å². The Morgan fingerprint density at radius 2 is 2.33 bits per heavy atom. The number of rotatable bonds is 3. The van der Waals surface area contributed by atoms with Crippen LogP contribution in [0, 0.1) is 6.92 Å². The molecule has 2 rings (SSSR count). The van der Waals surface area contributed by atoms with E-state index in [4.69, 9.17) is 16.3 Å². The third-order valence-corrected chi connectivity index (χ3v) is 2.69. The number of pyridine rings is 1. The molecule has 0 aliphatic heterocycles. The minimum atomic E-state index is 0.569. The second-order valence-corrected chi connectivity index (χ2v) is 3.83. The molecular weight excluding hydrogens is 212 g/mol. The Bertz CT molecular complexity index is 479. The molecule has 0 fully saturated rings. The molecule has 0 bridgehead atoms. The molecule has 0 atom stereocenters. The zero-order chi connectivity index (χ0) is 10.8. The average Bonchev–Trinajstić information content (AvgIpc) is 2.54. The number of ether oxygens (including phenoxy) is 1. The van der Waals surface area contributed by atoms with Gasteiger partial charge in [-0.2, -0.15) is 0 Å². The van der Waals surface area contributed by atoms with E-state index in [9.17, 15) is 0 Å². The van der Waals surface area contributed by atoms with Crippen molar-refractivity contribution in [2.75, 3.05) is 13.7 Å². The third-order valence-electron chi connectivity index (χ3n) is 2.43. The summed E-state index contributed by atoms with van der Waals surface area (Å²) in [5.74, 6) is 0.945. The van der Waals surface area contributed by atoms with E-state index in [1.807, 2.05) is 29.7 Å². The SMILES string of the molecule is COCCc1nc(Cl)c2c(C)cccn12. The maximum absolute atomic E-state index is 6.09. The normalized spacial score (nSPS) is 11.1. The second kappa shape index (κ2) is 4.21. The van der Waals surface area contributed by atoms with Crippen molar-refractivity contribution in [3.05, 3.63) is 34.9 Å². The number of nitrogens with zero attached hydrogens (tertiary/aromatic N) is 2. The van der Waals surface area contributed by atoms with E-state index in [-0.39, 0.29) is 0 Å². The van der Waals surface area contributed by atoms with Crippen molar-refractivity contribution >= 4 is 17.1 Å². The topological polar surface area (TPSA) is 26.5 Å². The molecule has 2 heterocycles. The van der Waals surface area contributed by atoms with E-state index in [1.54, 1.807) is 7.11 Å². The van der Waals surface area contributed by atoms with Gasteiger partial charge in [-0.1, -0.05) is 17.7 Å². The van der Waals surface area contributed by atoms with E-state index in [0.717, 1.165) is 23.3 Å². The van der Waals surface area contributed by atoms with Crippen LogP contribution >= 0.6 is 11.6 Å². The average molecular weight is 225 g/mol. The van der Waals surface area contributed by atoms with Gasteiger partial charge in [-0.3, -0.25) is 0 Å². The lowest BCUT2D eigenvalue weighted by atomic mass is 10.2. The van der Waals surface area contributed by atoms with Gasteiger partial charge in [-0.25, -0.2) is 4.98 Å². The molecule has 0 spiro atoms. The standard InChI is InChI=1S/C11H13ClN2O/c1-8-4-3-6-14-9(5-7-15-2)13-11(12)10(8)14/h3-4,6H,5,7H2,1-2H3. The molecule has 0 radical (unpaired) electrons. The van der Waals surface area contributed by atoms with Gasteiger partial charge in [0.1, 0.15) is 5.82 Å². The fourth-order valence-electron chi connectivity index (χ4n) is 1.68. The number of aryl methyl sites for hydroxylation is 1. The van der Waals surface area contributed by atoms with Crippen molar-refractivity contribution in [2.45, 2.75) is 13.3 Å². The largest absolute Gasteiger partial charge is 0.384 e. The lowest BCUT2D eigenvalue weighted by Gasteiger charge is -2.01. The van der Waals surface area contributed by atoms with Crippen molar-refractivity contribution in [3.8, 4) is 0 Å². The van der Waals surface area contributed by atoms with E-state index in [1.165, 1.54) is 0 Å². The van der Waals surface area contributed by atoms with Crippen LogP contribution in [-0.2, 0) is 11.2 Å². The Morgan fingerprint density at radius 3 is 3.07 bits per heavy atom. The molecule has 0 unspecified atom stereocenters. The molecular formula is C11H13ClN2O. The van der Waals surface area contributed by atoms with Crippen LogP contribution in [0.15, 0.2) is 18.3 Å². The summed E-state index contributed by atoms with van der Waals surface area (Å²) in [6.07, 6.45) is 2.75. The molecule has 3 nitrogen and oxygen atoms in total. The highest BCUT2D eigenvalue weighted by Gasteiger charge is 2.10. The zero-order valence-corrected chi connectivity index (χ0v) is 9.58. The van der Waals surface area contributed by atoms with Crippen LogP contribution in [0.3, 0.4) is 0 Å². The molecule has 0 amide bonds. The highest BCUT2D eigenvalue weighted by atomic mass is 35.5. The first-order chi connectivity index (χ1) is 7.24. The van der Waals surface area contributed by atoms with Gasteiger partial charge >= 0.3 is 0 Å².